The summed E-state index contributed by atoms with van der Waals surface area (Å²) in [5.41, 5.74) is 0.698. The topological polar surface area (TPSA) is 64.3 Å². The predicted octanol–water partition coefficient (Wildman–Crippen LogP) is -0.759. The van der Waals surface area contributed by atoms with Gasteiger partial charge in [-0.1, -0.05) is 0 Å². The second-order valence-corrected chi connectivity index (χ2v) is 4.38. The van der Waals surface area contributed by atoms with Crippen molar-refractivity contribution < 1.29 is 0 Å². The lowest BCUT2D eigenvalue weighted by molar-refractivity contribution is 0.311. The third kappa shape index (κ3) is 3.04. The van der Waals surface area contributed by atoms with Crippen LogP contribution >= 0.6 is 0 Å². The van der Waals surface area contributed by atoms with E-state index < -0.39 is 0 Å². The van der Waals surface area contributed by atoms with E-state index in [2.05, 4.69) is 32.1 Å². The molecule has 6 nitrogen and oxygen atoms in total. The second kappa shape index (κ2) is 5.29. The van der Waals surface area contributed by atoms with Gasteiger partial charge in [-0.2, -0.15) is 0 Å². The molecule has 1 saturated heterocycles. The molecule has 2 heterocycles. The Balaban J connectivity index is 2.17. The summed E-state index contributed by atoms with van der Waals surface area (Å²) in [6, 6.07) is 1.54. The number of likely N-dealkylation sites (N-methyl/N-ethyl adjacent to an activating group) is 1. The molecular formula is C11H19N5O. The molecule has 6 heteroatoms. The predicted molar refractivity (Wildman–Crippen MR) is 67.3 cm³/mol. The van der Waals surface area contributed by atoms with Gasteiger partial charge in [0.25, 0.3) is 5.56 Å². The zero-order valence-corrected chi connectivity index (χ0v) is 10.4. The molecule has 1 aromatic heterocycles. The molecule has 0 saturated carbocycles. The molecule has 0 unspecified atom stereocenters. The van der Waals surface area contributed by atoms with Crippen molar-refractivity contribution in [3.05, 3.63) is 22.1 Å². The van der Waals surface area contributed by atoms with Crippen molar-refractivity contribution in [3.8, 4) is 0 Å². The lowest BCUT2D eigenvalue weighted by atomic mass is 10.3. The van der Waals surface area contributed by atoms with E-state index in [-0.39, 0.29) is 5.56 Å². The zero-order valence-electron chi connectivity index (χ0n) is 10.4. The Morgan fingerprint density at radius 1 is 1.41 bits per heavy atom. The van der Waals surface area contributed by atoms with E-state index in [0.717, 1.165) is 31.9 Å². The molecule has 1 aromatic rings. The summed E-state index contributed by atoms with van der Waals surface area (Å²) >= 11 is 0. The van der Waals surface area contributed by atoms with Gasteiger partial charge in [0, 0.05) is 38.8 Å². The van der Waals surface area contributed by atoms with Crippen LogP contribution in [0.15, 0.2) is 10.9 Å². The van der Waals surface area contributed by atoms with Crippen molar-refractivity contribution in [1.29, 1.82) is 0 Å². The van der Waals surface area contributed by atoms with E-state index in [1.54, 1.807) is 0 Å². The average Bonchev–Trinajstić information content (AvgIpc) is 2.29. The quantitative estimate of drug-likeness (QED) is 0.723. The molecule has 1 fully saturated rings. The second-order valence-electron chi connectivity index (χ2n) is 4.38. The first-order valence-corrected chi connectivity index (χ1v) is 5.87. The van der Waals surface area contributed by atoms with Crippen LogP contribution in [-0.2, 0) is 6.54 Å². The Kier molecular flexibility index (Phi) is 3.75. The Morgan fingerprint density at radius 3 is 2.76 bits per heavy atom. The normalized spacial score (nSPS) is 17.4. The Bertz CT molecular complexity index is 422. The van der Waals surface area contributed by atoms with Crippen molar-refractivity contribution in [2.75, 3.05) is 45.2 Å². The molecule has 17 heavy (non-hydrogen) atoms. The lowest BCUT2D eigenvalue weighted by Gasteiger charge is -2.32. The average molecular weight is 237 g/mol. The maximum Gasteiger partial charge on any atom is 0.252 e. The van der Waals surface area contributed by atoms with Gasteiger partial charge in [-0.05, 0) is 14.1 Å². The van der Waals surface area contributed by atoms with E-state index in [1.165, 1.54) is 6.07 Å². The molecule has 0 aromatic carbocycles. The summed E-state index contributed by atoms with van der Waals surface area (Å²) in [5.74, 6) is 0.691. The molecule has 2 N–H and O–H groups in total. The first-order valence-electron chi connectivity index (χ1n) is 5.87. The zero-order chi connectivity index (χ0) is 12.3. The van der Waals surface area contributed by atoms with Crippen molar-refractivity contribution in [2.45, 2.75) is 6.54 Å². The Hall–Kier alpha value is -1.40. The van der Waals surface area contributed by atoms with Crippen LogP contribution in [0.25, 0.3) is 0 Å². The van der Waals surface area contributed by atoms with Gasteiger partial charge in [-0.25, -0.2) is 4.98 Å². The number of aromatic nitrogens is 2. The molecule has 0 radical (unpaired) electrons. The molecule has 0 bridgehead atoms. The third-order valence-corrected chi connectivity index (χ3v) is 2.94. The van der Waals surface area contributed by atoms with E-state index in [0.29, 0.717) is 12.5 Å². The number of rotatable bonds is 3. The first-order chi connectivity index (χ1) is 8.19. The van der Waals surface area contributed by atoms with Gasteiger partial charge in [0.2, 0.25) is 5.95 Å². The summed E-state index contributed by atoms with van der Waals surface area (Å²) in [6.07, 6.45) is 0. The monoisotopic (exact) mass is 237 g/mol. The van der Waals surface area contributed by atoms with Crippen LogP contribution in [0.1, 0.15) is 5.69 Å². The van der Waals surface area contributed by atoms with Crippen LogP contribution in [-0.4, -0.2) is 55.1 Å². The highest BCUT2D eigenvalue weighted by atomic mass is 16.1. The summed E-state index contributed by atoms with van der Waals surface area (Å²) in [5, 5.41) is 3.01. The van der Waals surface area contributed by atoms with Crippen molar-refractivity contribution in [1.82, 2.24) is 20.2 Å². The van der Waals surface area contributed by atoms with Crippen LogP contribution in [0.2, 0.25) is 0 Å². The standard InChI is InChI=1S/C11H19N5O/c1-12-8-9-7-10(17)14-11(13-9)16-5-3-15(2)4-6-16/h7,12H,3-6,8H2,1-2H3,(H,13,14,17). The van der Waals surface area contributed by atoms with Crippen LogP contribution < -0.4 is 15.8 Å². The van der Waals surface area contributed by atoms with E-state index >= 15 is 0 Å². The molecular weight excluding hydrogens is 218 g/mol. The molecule has 0 spiro atoms. The Morgan fingerprint density at radius 2 is 2.12 bits per heavy atom. The Labute approximate surface area is 101 Å². The minimum atomic E-state index is -0.0841. The number of nitrogens with one attached hydrogen (secondary N) is 2. The van der Waals surface area contributed by atoms with E-state index in [9.17, 15) is 4.79 Å². The van der Waals surface area contributed by atoms with Gasteiger partial charge in [-0.3, -0.25) is 9.78 Å². The van der Waals surface area contributed by atoms with Gasteiger partial charge < -0.3 is 15.1 Å². The fourth-order valence-electron chi connectivity index (χ4n) is 1.93. The molecule has 1 aliphatic heterocycles. The lowest BCUT2D eigenvalue weighted by Crippen LogP contribution is -2.45. The van der Waals surface area contributed by atoms with Gasteiger partial charge in [-0.15, -0.1) is 0 Å². The molecule has 94 valence electrons. The number of nitrogens with zero attached hydrogens (tertiary/aromatic N) is 3. The van der Waals surface area contributed by atoms with Gasteiger partial charge in [0.15, 0.2) is 0 Å². The number of hydrogen-bond donors (Lipinski definition) is 2. The fraction of sp³-hybridized carbons (Fsp3) is 0.636. The third-order valence-electron chi connectivity index (χ3n) is 2.94. The number of piperazine rings is 1. The molecule has 0 atom stereocenters. The van der Waals surface area contributed by atoms with Crippen molar-refractivity contribution >= 4 is 5.95 Å². The summed E-state index contributed by atoms with van der Waals surface area (Å²) in [4.78, 5) is 23.2. The number of hydrogen-bond acceptors (Lipinski definition) is 5. The summed E-state index contributed by atoms with van der Waals surface area (Å²) < 4.78 is 0. The van der Waals surface area contributed by atoms with Crippen LogP contribution in [0.3, 0.4) is 0 Å². The number of aromatic amines is 1. The summed E-state index contributed by atoms with van der Waals surface area (Å²) in [7, 11) is 3.95. The maximum atomic E-state index is 11.5. The highest BCUT2D eigenvalue weighted by Gasteiger charge is 2.16. The fourth-order valence-corrected chi connectivity index (χ4v) is 1.93. The molecule has 2 rings (SSSR count). The number of H-pyrrole nitrogens is 1. The molecule has 1 aliphatic rings. The van der Waals surface area contributed by atoms with Crippen LogP contribution in [0, 0.1) is 0 Å². The van der Waals surface area contributed by atoms with Crippen LogP contribution in [0.4, 0.5) is 5.95 Å². The van der Waals surface area contributed by atoms with E-state index in [1.807, 2.05) is 7.05 Å². The van der Waals surface area contributed by atoms with Gasteiger partial charge in [0.1, 0.15) is 0 Å². The SMILES string of the molecule is CNCc1cc(=O)[nH]c(N2CCN(C)CC2)n1. The van der Waals surface area contributed by atoms with Crippen molar-refractivity contribution in [2.24, 2.45) is 0 Å². The summed E-state index contributed by atoms with van der Waals surface area (Å²) in [6.45, 7) is 4.43. The molecule has 0 amide bonds. The minimum absolute atomic E-state index is 0.0841. The van der Waals surface area contributed by atoms with E-state index in [4.69, 9.17) is 0 Å². The van der Waals surface area contributed by atoms with Crippen molar-refractivity contribution in [3.63, 3.8) is 0 Å². The largest absolute Gasteiger partial charge is 0.340 e. The minimum Gasteiger partial charge on any atom is -0.340 e. The number of anilines is 1. The first kappa shape index (κ1) is 12.1. The highest BCUT2D eigenvalue weighted by Crippen LogP contribution is 2.08. The van der Waals surface area contributed by atoms with Crippen LogP contribution in [0.5, 0.6) is 0 Å². The highest BCUT2D eigenvalue weighted by molar-refractivity contribution is 5.31. The maximum absolute atomic E-state index is 11.5. The molecule has 0 aliphatic carbocycles. The smallest absolute Gasteiger partial charge is 0.252 e. The van der Waals surface area contributed by atoms with Gasteiger partial charge >= 0.3 is 0 Å². The van der Waals surface area contributed by atoms with Gasteiger partial charge in [0.05, 0.1) is 5.69 Å².